The van der Waals surface area contributed by atoms with E-state index in [1.165, 1.54) is 0 Å². The van der Waals surface area contributed by atoms with E-state index >= 15 is 0 Å². The topological polar surface area (TPSA) is 131 Å². The molecule has 12 nitrogen and oxygen atoms in total. The zero-order valence-corrected chi connectivity index (χ0v) is 24.6. The van der Waals surface area contributed by atoms with Crippen LogP contribution in [0, 0.1) is 0 Å². The van der Waals surface area contributed by atoms with Gasteiger partial charge in [-0.05, 0) is 48.2 Å². The Bertz CT molecular complexity index is 1760. The van der Waals surface area contributed by atoms with E-state index in [-0.39, 0.29) is 11.9 Å². The highest BCUT2D eigenvalue weighted by atomic mass is 16.5. The summed E-state index contributed by atoms with van der Waals surface area (Å²) in [5.74, 6) is 2.98. The van der Waals surface area contributed by atoms with E-state index in [0.717, 1.165) is 29.8 Å². The highest BCUT2D eigenvalue weighted by molar-refractivity contribution is 5.88. The monoisotopic (exact) mass is 594 g/mol. The number of aromatic nitrogens is 4. The molecule has 0 aliphatic carbocycles. The molecule has 3 N–H and O–H groups in total. The number of ether oxygens (including phenoxy) is 2. The molecule has 0 bridgehead atoms. The van der Waals surface area contributed by atoms with Gasteiger partial charge < -0.3 is 24.5 Å². The molecule has 5 aromatic rings. The number of methoxy groups -OCH3 is 2. The molecule has 226 valence electrons. The largest absolute Gasteiger partial charge is 0.493 e. The molecule has 2 aliphatic rings. The molecular formula is C32H34N8O4. The van der Waals surface area contributed by atoms with Crippen molar-refractivity contribution in [3.63, 3.8) is 0 Å². The number of carbonyl (C=O) groups excluding carboxylic acids is 1. The maximum Gasteiger partial charge on any atom is 0.241 e. The summed E-state index contributed by atoms with van der Waals surface area (Å²) >= 11 is 0. The van der Waals surface area contributed by atoms with E-state index < -0.39 is 5.54 Å². The van der Waals surface area contributed by atoms with Gasteiger partial charge in [-0.1, -0.05) is 36.4 Å². The normalized spacial score (nSPS) is 17.1. The SMILES string of the molecule is COc1ccc(CNc2ncc(C(c3ccccc3)N3CCC4(CC3)NCNC4=O)c3nc(-c4ccco4)nn23)cc1OC. The maximum absolute atomic E-state index is 12.7. The third-order valence-corrected chi connectivity index (χ3v) is 8.57. The quantitative estimate of drug-likeness (QED) is 0.233. The van der Waals surface area contributed by atoms with Gasteiger partial charge in [0.25, 0.3) is 0 Å². The minimum absolute atomic E-state index is 0.0860. The van der Waals surface area contributed by atoms with E-state index in [1.807, 2.05) is 54.7 Å². The highest BCUT2D eigenvalue weighted by Crippen LogP contribution is 2.37. The Morgan fingerprint density at radius 1 is 1.05 bits per heavy atom. The van der Waals surface area contributed by atoms with E-state index in [0.29, 0.717) is 60.7 Å². The number of hydrogen-bond donors (Lipinski definition) is 3. The summed E-state index contributed by atoms with van der Waals surface area (Å²) in [7, 11) is 3.24. The molecule has 1 amide bonds. The van der Waals surface area contributed by atoms with Gasteiger partial charge in [0.1, 0.15) is 5.54 Å². The van der Waals surface area contributed by atoms with Crippen LogP contribution in [-0.2, 0) is 11.3 Å². The number of amides is 1. The smallest absolute Gasteiger partial charge is 0.241 e. The Hall–Kier alpha value is -4.94. The lowest BCUT2D eigenvalue weighted by Gasteiger charge is -2.41. The number of fused-ring (bicyclic) bond motifs is 1. The zero-order valence-electron chi connectivity index (χ0n) is 24.6. The number of benzene rings is 2. The molecule has 12 heteroatoms. The molecule has 3 aromatic heterocycles. The molecule has 2 fully saturated rings. The van der Waals surface area contributed by atoms with E-state index in [4.69, 9.17) is 29.0 Å². The number of nitrogens with one attached hydrogen (secondary N) is 3. The van der Waals surface area contributed by atoms with Crippen LogP contribution in [0.3, 0.4) is 0 Å². The number of furan rings is 1. The summed E-state index contributed by atoms with van der Waals surface area (Å²) in [6, 6.07) is 19.6. The summed E-state index contributed by atoms with van der Waals surface area (Å²) in [5, 5.41) is 14.6. The number of rotatable bonds is 9. The molecule has 1 unspecified atom stereocenters. The van der Waals surface area contributed by atoms with E-state index in [1.54, 1.807) is 25.0 Å². The van der Waals surface area contributed by atoms with Gasteiger partial charge in [-0.3, -0.25) is 15.0 Å². The number of anilines is 1. The first-order valence-electron chi connectivity index (χ1n) is 14.7. The Morgan fingerprint density at radius 3 is 2.57 bits per heavy atom. The second-order valence-corrected chi connectivity index (χ2v) is 11.0. The number of nitrogens with zero attached hydrogens (tertiary/aromatic N) is 5. The van der Waals surface area contributed by atoms with Crippen molar-refractivity contribution in [2.75, 3.05) is 39.3 Å². The molecule has 7 rings (SSSR count). The molecule has 2 aliphatic heterocycles. The first-order chi connectivity index (χ1) is 21.6. The third kappa shape index (κ3) is 5.01. The van der Waals surface area contributed by atoms with Crippen molar-refractivity contribution >= 4 is 17.5 Å². The third-order valence-electron chi connectivity index (χ3n) is 8.57. The van der Waals surface area contributed by atoms with Gasteiger partial charge in [0.15, 0.2) is 22.9 Å². The minimum atomic E-state index is -0.509. The summed E-state index contributed by atoms with van der Waals surface area (Å²) in [4.78, 5) is 24.9. The summed E-state index contributed by atoms with van der Waals surface area (Å²) < 4.78 is 18.3. The molecule has 0 saturated carbocycles. The van der Waals surface area contributed by atoms with Gasteiger partial charge in [0.05, 0.1) is 33.2 Å². The molecular weight excluding hydrogens is 560 g/mol. The molecule has 1 atom stereocenters. The van der Waals surface area contributed by atoms with Crippen molar-refractivity contribution in [2.45, 2.75) is 31.0 Å². The Labute approximate surface area is 254 Å². The van der Waals surface area contributed by atoms with Gasteiger partial charge in [-0.15, -0.1) is 5.10 Å². The van der Waals surface area contributed by atoms with E-state index in [2.05, 4.69) is 33.0 Å². The van der Waals surface area contributed by atoms with Crippen LogP contribution in [0.2, 0.25) is 0 Å². The molecule has 2 saturated heterocycles. The van der Waals surface area contributed by atoms with Crippen molar-refractivity contribution in [1.29, 1.82) is 0 Å². The van der Waals surface area contributed by atoms with Crippen LogP contribution in [0.4, 0.5) is 5.95 Å². The Balaban J connectivity index is 1.27. The van der Waals surface area contributed by atoms with Gasteiger partial charge in [-0.2, -0.15) is 4.52 Å². The van der Waals surface area contributed by atoms with Crippen LogP contribution in [-0.4, -0.2) is 69.9 Å². The lowest BCUT2D eigenvalue weighted by Crippen LogP contribution is -2.55. The zero-order chi connectivity index (χ0) is 30.1. The molecule has 0 radical (unpaired) electrons. The fourth-order valence-electron chi connectivity index (χ4n) is 6.22. The summed E-state index contributed by atoms with van der Waals surface area (Å²) in [6.07, 6.45) is 4.91. The Morgan fingerprint density at radius 2 is 1.86 bits per heavy atom. The predicted octanol–water partition coefficient (Wildman–Crippen LogP) is 3.61. The highest BCUT2D eigenvalue weighted by Gasteiger charge is 2.45. The molecule has 1 spiro atoms. The van der Waals surface area contributed by atoms with Crippen LogP contribution < -0.4 is 25.4 Å². The second-order valence-electron chi connectivity index (χ2n) is 11.0. The second kappa shape index (κ2) is 11.6. The lowest BCUT2D eigenvalue weighted by atomic mass is 9.85. The van der Waals surface area contributed by atoms with Gasteiger partial charge >= 0.3 is 0 Å². The van der Waals surface area contributed by atoms with Crippen molar-refractivity contribution in [3.8, 4) is 23.1 Å². The summed E-state index contributed by atoms with van der Waals surface area (Å²) in [6.45, 7) is 2.44. The summed E-state index contributed by atoms with van der Waals surface area (Å²) in [5.41, 5.74) is 3.18. The number of hydrogen-bond acceptors (Lipinski definition) is 10. The molecule has 2 aromatic carbocycles. The van der Waals surface area contributed by atoms with Crippen LogP contribution >= 0.6 is 0 Å². The first kappa shape index (κ1) is 27.9. The fraction of sp³-hybridized carbons (Fsp3) is 0.312. The first-order valence-corrected chi connectivity index (χ1v) is 14.7. The van der Waals surface area contributed by atoms with Crippen molar-refractivity contribution in [2.24, 2.45) is 0 Å². The standard InChI is InChI=1S/C32H34N8O4/c1-42-24-11-10-21(17-26(24)43-2)18-33-31-34-19-23(29-37-28(38-40(29)31)25-9-6-16-44-25)27(22-7-4-3-5-8-22)39-14-12-32(13-15-39)30(41)35-20-36-32/h3-11,16-17,19,27,36H,12-15,18,20H2,1-2H3,(H,33,34)(H,35,41). The van der Waals surface area contributed by atoms with Crippen LogP contribution in [0.5, 0.6) is 11.5 Å². The van der Waals surface area contributed by atoms with Gasteiger partial charge in [0, 0.05) is 31.4 Å². The molecule has 44 heavy (non-hydrogen) atoms. The maximum atomic E-state index is 12.7. The predicted molar refractivity (Wildman–Crippen MR) is 163 cm³/mol. The van der Waals surface area contributed by atoms with Crippen LogP contribution in [0.1, 0.15) is 35.6 Å². The lowest BCUT2D eigenvalue weighted by molar-refractivity contribution is -0.125. The number of likely N-dealkylation sites (tertiary alicyclic amines) is 1. The van der Waals surface area contributed by atoms with Crippen molar-refractivity contribution < 1.29 is 18.7 Å². The van der Waals surface area contributed by atoms with Crippen molar-refractivity contribution in [1.82, 2.24) is 35.1 Å². The van der Waals surface area contributed by atoms with Gasteiger partial charge in [0.2, 0.25) is 17.7 Å². The number of piperidine rings is 1. The average molecular weight is 595 g/mol. The fourth-order valence-corrected chi connectivity index (χ4v) is 6.22. The number of carbonyl (C=O) groups is 1. The van der Waals surface area contributed by atoms with E-state index in [9.17, 15) is 4.79 Å². The minimum Gasteiger partial charge on any atom is -0.493 e. The van der Waals surface area contributed by atoms with Crippen LogP contribution in [0.25, 0.3) is 17.2 Å². The van der Waals surface area contributed by atoms with Gasteiger partial charge in [-0.25, -0.2) is 9.97 Å². The molecule has 5 heterocycles. The van der Waals surface area contributed by atoms with Crippen LogP contribution in [0.15, 0.2) is 77.5 Å². The Kier molecular flexibility index (Phi) is 7.36. The average Bonchev–Trinajstić information content (AvgIpc) is 3.83. The van der Waals surface area contributed by atoms with Crippen molar-refractivity contribution in [3.05, 3.63) is 89.8 Å².